The van der Waals surface area contributed by atoms with Crippen LogP contribution in [0.5, 0.6) is 0 Å². The van der Waals surface area contributed by atoms with Crippen LogP contribution in [-0.2, 0) is 0 Å². The Hall–Kier alpha value is -1.88. The first-order valence-corrected chi connectivity index (χ1v) is 6.04. The molecule has 17 heavy (non-hydrogen) atoms. The summed E-state index contributed by atoms with van der Waals surface area (Å²) in [6.45, 7) is 4.12. The smallest absolute Gasteiger partial charge is 0.166 e. The Morgan fingerprint density at radius 2 is 2.12 bits per heavy atom. The van der Waals surface area contributed by atoms with Crippen molar-refractivity contribution in [2.75, 3.05) is 5.73 Å². The van der Waals surface area contributed by atoms with Gasteiger partial charge in [0.25, 0.3) is 0 Å². The van der Waals surface area contributed by atoms with E-state index in [1.54, 1.807) is 23.9 Å². The summed E-state index contributed by atoms with van der Waals surface area (Å²) in [7, 11) is 0. The number of nitrogen functional groups attached to an aromatic ring is 1. The second-order valence-corrected chi connectivity index (χ2v) is 5.11. The lowest BCUT2D eigenvalue weighted by atomic mass is 10.2. The molecule has 0 aliphatic rings. The van der Waals surface area contributed by atoms with E-state index in [4.69, 9.17) is 10.2 Å². The van der Waals surface area contributed by atoms with Gasteiger partial charge < -0.3 is 10.2 Å². The van der Waals surface area contributed by atoms with Gasteiger partial charge in [0.1, 0.15) is 16.9 Å². The number of hydrogen-bond donors (Lipinski definition) is 1. The number of nitrogens with zero attached hydrogens (tertiary/aromatic N) is 2. The molecule has 0 atom stereocenters. The molecule has 0 saturated carbocycles. The maximum absolute atomic E-state index is 6.00. The molecule has 3 rings (SSSR count). The Morgan fingerprint density at radius 1 is 1.29 bits per heavy atom. The van der Waals surface area contributed by atoms with Crippen molar-refractivity contribution in [3.8, 4) is 11.4 Å². The average molecular weight is 245 g/mol. The molecule has 3 heterocycles. The largest absolute Gasteiger partial charge is 0.472 e. The van der Waals surface area contributed by atoms with Crippen molar-refractivity contribution in [2.24, 2.45) is 0 Å². The van der Waals surface area contributed by atoms with Crippen LogP contribution in [0, 0.1) is 13.8 Å². The van der Waals surface area contributed by atoms with Crippen molar-refractivity contribution in [2.45, 2.75) is 13.8 Å². The number of thiophene rings is 1. The second kappa shape index (κ2) is 3.56. The molecule has 3 aromatic heterocycles. The van der Waals surface area contributed by atoms with Crippen LogP contribution in [0.25, 0.3) is 21.6 Å². The summed E-state index contributed by atoms with van der Waals surface area (Å²) < 4.78 is 5.03. The molecule has 0 aliphatic heterocycles. The third kappa shape index (κ3) is 1.51. The highest BCUT2D eigenvalue weighted by molar-refractivity contribution is 7.18. The summed E-state index contributed by atoms with van der Waals surface area (Å²) in [5.41, 5.74) is 8.02. The summed E-state index contributed by atoms with van der Waals surface area (Å²) in [6.07, 6.45) is 3.22. The molecule has 0 amide bonds. The minimum absolute atomic E-state index is 0.535. The van der Waals surface area contributed by atoms with Gasteiger partial charge in [-0.2, -0.15) is 0 Å². The van der Waals surface area contributed by atoms with E-state index in [0.717, 1.165) is 15.8 Å². The topological polar surface area (TPSA) is 64.9 Å². The van der Waals surface area contributed by atoms with Crippen LogP contribution in [-0.4, -0.2) is 9.97 Å². The second-order valence-electron chi connectivity index (χ2n) is 3.91. The van der Waals surface area contributed by atoms with Gasteiger partial charge in [0.15, 0.2) is 5.82 Å². The third-order valence-electron chi connectivity index (χ3n) is 2.84. The molecule has 0 unspecified atom stereocenters. The summed E-state index contributed by atoms with van der Waals surface area (Å²) in [5.74, 6) is 1.15. The van der Waals surface area contributed by atoms with Crippen molar-refractivity contribution in [1.29, 1.82) is 0 Å². The lowest BCUT2D eigenvalue weighted by molar-refractivity contribution is 0.568. The normalized spacial score (nSPS) is 11.2. The van der Waals surface area contributed by atoms with Crippen LogP contribution in [0.2, 0.25) is 0 Å². The Balaban J connectivity index is 2.32. The lowest BCUT2D eigenvalue weighted by Gasteiger charge is -2.00. The van der Waals surface area contributed by atoms with Gasteiger partial charge in [0.2, 0.25) is 0 Å². The highest BCUT2D eigenvalue weighted by Crippen LogP contribution is 2.33. The van der Waals surface area contributed by atoms with Crippen LogP contribution in [0.3, 0.4) is 0 Å². The fourth-order valence-corrected chi connectivity index (χ4v) is 2.84. The minimum atomic E-state index is 0.535. The number of nitrogens with two attached hydrogens (primary N) is 1. The van der Waals surface area contributed by atoms with E-state index in [0.29, 0.717) is 11.6 Å². The first-order valence-electron chi connectivity index (χ1n) is 5.22. The Kier molecular flexibility index (Phi) is 2.16. The number of furan rings is 1. The third-order valence-corrected chi connectivity index (χ3v) is 3.94. The summed E-state index contributed by atoms with van der Waals surface area (Å²) in [6, 6.07) is 1.83. The molecule has 0 fully saturated rings. The monoisotopic (exact) mass is 245 g/mol. The SMILES string of the molecule is Cc1sc2nc(-c3ccoc3)nc(N)c2c1C. The van der Waals surface area contributed by atoms with Gasteiger partial charge in [-0.1, -0.05) is 0 Å². The number of rotatable bonds is 1. The van der Waals surface area contributed by atoms with Crippen LogP contribution in [0.15, 0.2) is 23.0 Å². The molecule has 3 aromatic rings. The van der Waals surface area contributed by atoms with Crippen molar-refractivity contribution >= 4 is 27.4 Å². The fraction of sp³-hybridized carbons (Fsp3) is 0.167. The van der Waals surface area contributed by atoms with Gasteiger partial charge in [-0.3, -0.25) is 0 Å². The van der Waals surface area contributed by atoms with Crippen LogP contribution < -0.4 is 5.73 Å². The summed E-state index contributed by atoms with van der Waals surface area (Å²) in [5, 5.41) is 0.972. The molecule has 0 aliphatic carbocycles. The van der Waals surface area contributed by atoms with Crippen LogP contribution >= 0.6 is 11.3 Å². The van der Waals surface area contributed by atoms with Crippen molar-refractivity contribution < 1.29 is 4.42 Å². The van der Waals surface area contributed by atoms with Gasteiger partial charge in [-0.15, -0.1) is 11.3 Å². The molecule has 0 spiro atoms. The molecule has 0 saturated heterocycles. The number of aryl methyl sites for hydroxylation is 2. The molecule has 4 nitrogen and oxygen atoms in total. The molecule has 5 heteroatoms. The standard InChI is InChI=1S/C12H11N3OS/c1-6-7(2)17-12-9(6)10(13)14-11(15-12)8-3-4-16-5-8/h3-5H,1-2H3,(H2,13,14,15). The van der Waals surface area contributed by atoms with Gasteiger partial charge >= 0.3 is 0 Å². The Bertz CT molecular complexity index is 685. The highest BCUT2D eigenvalue weighted by Gasteiger charge is 2.13. The zero-order valence-corrected chi connectivity index (χ0v) is 10.3. The maximum Gasteiger partial charge on any atom is 0.166 e. The summed E-state index contributed by atoms with van der Waals surface area (Å²) >= 11 is 1.64. The molecular weight excluding hydrogens is 234 g/mol. The van der Waals surface area contributed by atoms with E-state index in [9.17, 15) is 0 Å². The number of aromatic nitrogens is 2. The van der Waals surface area contributed by atoms with E-state index in [1.807, 2.05) is 13.0 Å². The molecular formula is C12H11N3OS. The van der Waals surface area contributed by atoms with Gasteiger partial charge in [-0.25, -0.2) is 9.97 Å². The molecule has 0 bridgehead atoms. The molecule has 2 N–H and O–H groups in total. The Labute approximate surface area is 102 Å². The van der Waals surface area contributed by atoms with E-state index >= 15 is 0 Å². The first kappa shape index (κ1) is 10.3. The maximum atomic E-state index is 6.00. The Morgan fingerprint density at radius 3 is 2.82 bits per heavy atom. The van der Waals surface area contributed by atoms with Crippen molar-refractivity contribution in [3.05, 3.63) is 29.0 Å². The predicted octanol–water partition coefficient (Wildman–Crippen LogP) is 3.15. The summed E-state index contributed by atoms with van der Waals surface area (Å²) in [4.78, 5) is 11.0. The van der Waals surface area contributed by atoms with E-state index < -0.39 is 0 Å². The van der Waals surface area contributed by atoms with Crippen LogP contribution in [0.4, 0.5) is 5.82 Å². The number of anilines is 1. The fourth-order valence-electron chi connectivity index (χ4n) is 1.80. The first-order chi connectivity index (χ1) is 8.16. The molecule has 0 radical (unpaired) electrons. The number of fused-ring (bicyclic) bond motifs is 1. The quantitative estimate of drug-likeness (QED) is 0.715. The number of hydrogen-bond acceptors (Lipinski definition) is 5. The average Bonchev–Trinajstić information content (AvgIpc) is 2.88. The predicted molar refractivity (Wildman–Crippen MR) is 69.0 cm³/mol. The van der Waals surface area contributed by atoms with E-state index in [-0.39, 0.29) is 0 Å². The zero-order valence-electron chi connectivity index (χ0n) is 9.52. The van der Waals surface area contributed by atoms with Crippen LogP contribution in [0.1, 0.15) is 10.4 Å². The lowest BCUT2D eigenvalue weighted by Crippen LogP contribution is -1.96. The zero-order chi connectivity index (χ0) is 12.0. The van der Waals surface area contributed by atoms with Crippen molar-refractivity contribution in [3.63, 3.8) is 0 Å². The minimum Gasteiger partial charge on any atom is -0.472 e. The van der Waals surface area contributed by atoms with Crippen molar-refractivity contribution in [1.82, 2.24) is 9.97 Å². The van der Waals surface area contributed by atoms with E-state index in [1.165, 1.54) is 10.4 Å². The molecule has 86 valence electrons. The highest BCUT2D eigenvalue weighted by atomic mass is 32.1. The van der Waals surface area contributed by atoms with Gasteiger partial charge in [-0.05, 0) is 25.5 Å². The van der Waals surface area contributed by atoms with E-state index in [2.05, 4.69) is 16.9 Å². The molecule has 0 aromatic carbocycles. The van der Waals surface area contributed by atoms with Gasteiger partial charge in [0, 0.05) is 4.88 Å². The van der Waals surface area contributed by atoms with Gasteiger partial charge in [0.05, 0.1) is 17.2 Å².